The number of hydrogen-bond acceptors (Lipinski definition) is 3. The lowest BCUT2D eigenvalue weighted by Gasteiger charge is -2.39. The van der Waals surface area contributed by atoms with E-state index in [0.717, 1.165) is 13.0 Å². The van der Waals surface area contributed by atoms with Crippen LogP contribution in [0.4, 0.5) is 0 Å². The van der Waals surface area contributed by atoms with Crippen LogP contribution in [-0.4, -0.2) is 47.1 Å². The number of piperidine rings is 1. The Morgan fingerprint density at radius 1 is 1.20 bits per heavy atom. The summed E-state index contributed by atoms with van der Waals surface area (Å²) in [7, 11) is 0. The summed E-state index contributed by atoms with van der Waals surface area (Å²) in [6.45, 7) is 3.20. The molecular weight excluding hydrogens is 256 g/mol. The van der Waals surface area contributed by atoms with Gasteiger partial charge in [0.1, 0.15) is 0 Å². The smallest absolute Gasteiger partial charge is 0.303 e. The highest BCUT2D eigenvalue weighted by molar-refractivity contribution is 5.76. The number of carbonyl (C=O) groups excluding carboxylic acids is 1. The second kappa shape index (κ2) is 7.07. The maximum absolute atomic E-state index is 11.9. The van der Waals surface area contributed by atoms with Crippen molar-refractivity contribution in [3.63, 3.8) is 0 Å². The number of carboxylic acid groups (broad SMARTS) is 1. The van der Waals surface area contributed by atoms with E-state index in [1.165, 1.54) is 25.7 Å². The van der Waals surface area contributed by atoms with Crippen molar-refractivity contribution in [3.8, 4) is 0 Å². The standard InChI is InChI=1S/C15H26N2O3/c1-2-14(18)17-9-11(8-15(19)20)7-13(10-17)16-12-5-3-4-6-12/h11-13,16H,2-10H2,1H3,(H,19,20). The van der Waals surface area contributed by atoms with Gasteiger partial charge in [-0.3, -0.25) is 9.59 Å². The van der Waals surface area contributed by atoms with Gasteiger partial charge in [0.25, 0.3) is 0 Å². The third kappa shape index (κ3) is 4.20. The van der Waals surface area contributed by atoms with E-state index < -0.39 is 5.97 Å². The van der Waals surface area contributed by atoms with E-state index in [-0.39, 0.29) is 24.3 Å². The molecule has 1 saturated heterocycles. The molecule has 1 heterocycles. The van der Waals surface area contributed by atoms with Crippen LogP contribution in [0, 0.1) is 5.92 Å². The van der Waals surface area contributed by atoms with Crippen LogP contribution in [0.15, 0.2) is 0 Å². The maximum Gasteiger partial charge on any atom is 0.303 e. The highest BCUT2D eigenvalue weighted by Crippen LogP contribution is 2.24. The number of hydrogen-bond donors (Lipinski definition) is 2. The van der Waals surface area contributed by atoms with Gasteiger partial charge in [0.2, 0.25) is 5.91 Å². The molecule has 20 heavy (non-hydrogen) atoms. The second-order valence-corrected chi connectivity index (χ2v) is 6.20. The molecule has 2 unspecified atom stereocenters. The number of likely N-dealkylation sites (tertiary alicyclic amines) is 1. The van der Waals surface area contributed by atoms with Crippen molar-refractivity contribution >= 4 is 11.9 Å². The number of carbonyl (C=O) groups is 2. The predicted molar refractivity (Wildman–Crippen MR) is 76.4 cm³/mol. The summed E-state index contributed by atoms with van der Waals surface area (Å²) in [5.74, 6) is -0.547. The number of nitrogens with zero attached hydrogens (tertiary/aromatic N) is 1. The molecule has 114 valence electrons. The van der Waals surface area contributed by atoms with Gasteiger partial charge in [0.05, 0.1) is 0 Å². The average Bonchev–Trinajstić information content (AvgIpc) is 2.89. The molecule has 2 atom stereocenters. The molecule has 2 aliphatic rings. The van der Waals surface area contributed by atoms with Gasteiger partial charge in [0.15, 0.2) is 0 Å². The molecule has 1 aliphatic heterocycles. The minimum atomic E-state index is -0.764. The molecule has 0 aromatic carbocycles. The number of aliphatic carboxylic acids is 1. The van der Waals surface area contributed by atoms with Crippen LogP contribution in [0.3, 0.4) is 0 Å². The number of amides is 1. The van der Waals surface area contributed by atoms with Gasteiger partial charge in [-0.1, -0.05) is 19.8 Å². The lowest BCUT2D eigenvalue weighted by atomic mass is 9.90. The Kier molecular flexibility index (Phi) is 5.40. The molecule has 1 saturated carbocycles. The van der Waals surface area contributed by atoms with Gasteiger partial charge in [-0.2, -0.15) is 0 Å². The average molecular weight is 282 g/mol. The fourth-order valence-corrected chi connectivity index (χ4v) is 3.57. The molecule has 0 aromatic heterocycles. The van der Waals surface area contributed by atoms with Crippen LogP contribution in [-0.2, 0) is 9.59 Å². The molecule has 1 aliphatic carbocycles. The summed E-state index contributed by atoms with van der Waals surface area (Å²) in [5.41, 5.74) is 0. The first-order chi connectivity index (χ1) is 9.58. The molecule has 5 heteroatoms. The topological polar surface area (TPSA) is 69.6 Å². The molecule has 0 radical (unpaired) electrons. The number of carboxylic acids is 1. The van der Waals surface area contributed by atoms with Gasteiger partial charge in [0, 0.05) is 38.0 Å². The summed E-state index contributed by atoms with van der Waals surface area (Å²) >= 11 is 0. The zero-order valence-electron chi connectivity index (χ0n) is 12.3. The Labute approximate surface area is 120 Å². The quantitative estimate of drug-likeness (QED) is 0.804. The van der Waals surface area contributed by atoms with Crippen LogP contribution in [0.1, 0.15) is 51.9 Å². The van der Waals surface area contributed by atoms with Crippen molar-refractivity contribution in [1.82, 2.24) is 10.2 Å². The van der Waals surface area contributed by atoms with Crippen LogP contribution < -0.4 is 5.32 Å². The van der Waals surface area contributed by atoms with Crippen LogP contribution >= 0.6 is 0 Å². The molecule has 2 rings (SSSR count). The first-order valence-electron chi connectivity index (χ1n) is 7.84. The third-order valence-electron chi connectivity index (χ3n) is 4.48. The Morgan fingerprint density at radius 2 is 1.90 bits per heavy atom. The van der Waals surface area contributed by atoms with Crippen molar-refractivity contribution in [2.24, 2.45) is 5.92 Å². The predicted octanol–water partition coefficient (Wildman–Crippen LogP) is 1.62. The largest absolute Gasteiger partial charge is 0.481 e. The third-order valence-corrected chi connectivity index (χ3v) is 4.48. The van der Waals surface area contributed by atoms with Crippen molar-refractivity contribution in [2.75, 3.05) is 13.1 Å². The van der Waals surface area contributed by atoms with Crippen molar-refractivity contribution in [2.45, 2.75) is 64.0 Å². The van der Waals surface area contributed by atoms with E-state index in [2.05, 4.69) is 5.32 Å². The summed E-state index contributed by atoms with van der Waals surface area (Å²) in [5, 5.41) is 12.6. The van der Waals surface area contributed by atoms with Crippen LogP contribution in [0.25, 0.3) is 0 Å². The van der Waals surface area contributed by atoms with Crippen LogP contribution in [0.2, 0.25) is 0 Å². The Hall–Kier alpha value is -1.10. The molecule has 0 bridgehead atoms. The molecule has 2 N–H and O–H groups in total. The second-order valence-electron chi connectivity index (χ2n) is 6.20. The van der Waals surface area contributed by atoms with Gasteiger partial charge in [-0.25, -0.2) is 0 Å². The van der Waals surface area contributed by atoms with E-state index in [4.69, 9.17) is 5.11 Å². The summed E-state index contributed by atoms with van der Waals surface area (Å²) < 4.78 is 0. The van der Waals surface area contributed by atoms with E-state index in [9.17, 15) is 9.59 Å². The van der Waals surface area contributed by atoms with E-state index in [1.54, 1.807) is 0 Å². The summed E-state index contributed by atoms with van der Waals surface area (Å²) in [4.78, 5) is 24.7. The molecule has 1 amide bonds. The normalized spacial score (nSPS) is 27.8. The first kappa shape index (κ1) is 15.3. The first-order valence-corrected chi connectivity index (χ1v) is 7.84. The molecule has 0 aromatic rings. The molecule has 0 spiro atoms. The maximum atomic E-state index is 11.9. The monoisotopic (exact) mass is 282 g/mol. The fraction of sp³-hybridized carbons (Fsp3) is 0.867. The fourth-order valence-electron chi connectivity index (χ4n) is 3.57. The molecular formula is C15H26N2O3. The van der Waals surface area contributed by atoms with Gasteiger partial charge < -0.3 is 15.3 Å². The Morgan fingerprint density at radius 3 is 2.50 bits per heavy atom. The Bertz CT molecular complexity index is 353. The van der Waals surface area contributed by atoms with Gasteiger partial charge >= 0.3 is 5.97 Å². The zero-order chi connectivity index (χ0) is 14.5. The summed E-state index contributed by atoms with van der Waals surface area (Å²) in [6, 6.07) is 0.814. The highest BCUT2D eigenvalue weighted by Gasteiger charge is 2.32. The van der Waals surface area contributed by atoms with Crippen molar-refractivity contribution in [1.29, 1.82) is 0 Å². The van der Waals surface area contributed by atoms with E-state index in [0.29, 0.717) is 19.0 Å². The van der Waals surface area contributed by atoms with Crippen molar-refractivity contribution < 1.29 is 14.7 Å². The minimum absolute atomic E-state index is 0.0793. The lowest BCUT2D eigenvalue weighted by molar-refractivity contribution is -0.141. The minimum Gasteiger partial charge on any atom is -0.481 e. The highest BCUT2D eigenvalue weighted by atomic mass is 16.4. The molecule has 5 nitrogen and oxygen atoms in total. The zero-order valence-corrected chi connectivity index (χ0v) is 12.3. The number of nitrogens with one attached hydrogen (secondary N) is 1. The number of rotatable bonds is 5. The van der Waals surface area contributed by atoms with E-state index in [1.807, 2.05) is 11.8 Å². The molecule has 2 fully saturated rings. The summed E-state index contributed by atoms with van der Waals surface area (Å²) in [6.07, 6.45) is 6.51. The van der Waals surface area contributed by atoms with E-state index >= 15 is 0 Å². The van der Waals surface area contributed by atoms with Gasteiger partial charge in [-0.15, -0.1) is 0 Å². The Balaban J connectivity index is 1.94. The van der Waals surface area contributed by atoms with Crippen molar-refractivity contribution in [3.05, 3.63) is 0 Å². The SMILES string of the molecule is CCC(=O)N1CC(CC(=O)O)CC(NC2CCCC2)C1. The van der Waals surface area contributed by atoms with Gasteiger partial charge in [-0.05, 0) is 25.2 Å². The van der Waals surface area contributed by atoms with Crippen LogP contribution in [0.5, 0.6) is 0 Å². The lowest BCUT2D eigenvalue weighted by Crippen LogP contribution is -2.53.